The SMILES string of the molecule is CCCC1CC1NC(=NC)NC(C)c1ccc(F)c(F)c1.I. The minimum atomic E-state index is -0.825. The largest absolute Gasteiger partial charge is 0.353 e. The molecular weight excluding hydrogens is 399 g/mol. The summed E-state index contributed by atoms with van der Waals surface area (Å²) in [5.41, 5.74) is 0.692. The van der Waals surface area contributed by atoms with Crippen LogP contribution >= 0.6 is 24.0 Å². The van der Waals surface area contributed by atoms with Crippen molar-refractivity contribution in [1.29, 1.82) is 0 Å². The molecule has 3 atom stereocenters. The summed E-state index contributed by atoms with van der Waals surface area (Å²) in [5, 5.41) is 6.59. The quantitative estimate of drug-likeness (QED) is 0.427. The van der Waals surface area contributed by atoms with Gasteiger partial charge in [0.05, 0.1) is 6.04 Å². The number of guanidine groups is 1. The third-order valence-corrected chi connectivity index (χ3v) is 3.92. The molecule has 3 nitrogen and oxygen atoms in total. The Morgan fingerprint density at radius 1 is 1.36 bits per heavy atom. The summed E-state index contributed by atoms with van der Waals surface area (Å²) >= 11 is 0. The third kappa shape index (κ3) is 5.07. The van der Waals surface area contributed by atoms with Crippen molar-refractivity contribution in [3.8, 4) is 0 Å². The zero-order valence-electron chi connectivity index (χ0n) is 13.2. The lowest BCUT2D eigenvalue weighted by molar-refractivity contribution is 0.504. The first-order valence-electron chi connectivity index (χ1n) is 7.50. The molecule has 1 aliphatic carbocycles. The second-order valence-electron chi connectivity index (χ2n) is 5.65. The highest BCUT2D eigenvalue weighted by molar-refractivity contribution is 14.0. The first-order chi connectivity index (χ1) is 10.0. The van der Waals surface area contributed by atoms with E-state index < -0.39 is 11.6 Å². The molecule has 124 valence electrons. The fourth-order valence-corrected chi connectivity index (χ4v) is 2.53. The first kappa shape index (κ1) is 19.1. The molecule has 22 heavy (non-hydrogen) atoms. The van der Waals surface area contributed by atoms with E-state index in [9.17, 15) is 8.78 Å². The molecule has 1 aromatic carbocycles. The molecule has 0 saturated heterocycles. The molecule has 1 saturated carbocycles. The number of nitrogens with zero attached hydrogens (tertiary/aromatic N) is 1. The lowest BCUT2D eigenvalue weighted by atomic mass is 10.1. The van der Waals surface area contributed by atoms with Crippen molar-refractivity contribution in [2.45, 2.75) is 45.2 Å². The summed E-state index contributed by atoms with van der Waals surface area (Å²) in [6.45, 7) is 4.09. The predicted molar refractivity (Wildman–Crippen MR) is 96.6 cm³/mol. The highest BCUT2D eigenvalue weighted by Gasteiger charge is 2.36. The Bertz CT molecular complexity index is 522. The van der Waals surface area contributed by atoms with Gasteiger partial charge < -0.3 is 10.6 Å². The maximum Gasteiger partial charge on any atom is 0.191 e. The van der Waals surface area contributed by atoms with E-state index in [-0.39, 0.29) is 30.0 Å². The first-order valence-corrected chi connectivity index (χ1v) is 7.50. The zero-order valence-corrected chi connectivity index (χ0v) is 15.5. The summed E-state index contributed by atoms with van der Waals surface area (Å²) in [6, 6.07) is 4.29. The molecular formula is C16H24F2IN3. The molecule has 0 spiro atoms. The van der Waals surface area contributed by atoms with Crippen LogP contribution in [0.3, 0.4) is 0 Å². The molecule has 1 aliphatic rings. The van der Waals surface area contributed by atoms with Crippen LogP contribution in [0.2, 0.25) is 0 Å². The van der Waals surface area contributed by atoms with Crippen LogP contribution < -0.4 is 10.6 Å². The summed E-state index contributed by atoms with van der Waals surface area (Å²) in [5.74, 6) is -0.217. The maximum atomic E-state index is 13.3. The predicted octanol–water partition coefficient (Wildman–Crippen LogP) is 4.00. The number of hydrogen-bond acceptors (Lipinski definition) is 1. The van der Waals surface area contributed by atoms with E-state index in [1.165, 1.54) is 25.3 Å². The van der Waals surface area contributed by atoms with Crippen molar-refractivity contribution >= 4 is 29.9 Å². The van der Waals surface area contributed by atoms with E-state index in [1.807, 2.05) is 6.92 Å². The van der Waals surface area contributed by atoms with E-state index in [0.29, 0.717) is 17.6 Å². The van der Waals surface area contributed by atoms with Crippen LogP contribution in [0.15, 0.2) is 23.2 Å². The van der Waals surface area contributed by atoms with Gasteiger partial charge in [-0.2, -0.15) is 0 Å². The van der Waals surface area contributed by atoms with Crippen LogP contribution in [0.5, 0.6) is 0 Å². The smallest absolute Gasteiger partial charge is 0.191 e. The molecule has 0 bridgehead atoms. The van der Waals surface area contributed by atoms with Crippen LogP contribution in [0.25, 0.3) is 0 Å². The van der Waals surface area contributed by atoms with Crippen molar-refractivity contribution in [2.24, 2.45) is 10.9 Å². The topological polar surface area (TPSA) is 36.4 Å². The fraction of sp³-hybridized carbons (Fsp3) is 0.562. The number of aliphatic imine (C=N–C) groups is 1. The van der Waals surface area contributed by atoms with Crippen molar-refractivity contribution in [3.63, 3.8) is 0 Å². The average Bonchev–Trinajstić information content (AvgIpc) is 3.19. The van der Waals surface area contributed by atoms with Gasteiger partial charge in [-0.25, -0.2) is 8.78 Å². The van der Waals surface area contributed by atoms with Crippen molar-refractivity contribution in [1.82, 2.24) is 10.6 Å². The van der Waals surface area contributed by atoms with Crippen molar-refractivity contribution in [2.75, 3.05) is 7.05 Å². The summed E-state index contributed by atoms with van der Waals surface area (Å²) < 4.78 is 26.2. The van der Waals surface area contributed by atoms with Gasteiger partial charge in [-0.05, 0) is 43.4 Å². The molecule has 0 amide bonds. The van der Waals surface area contributed by atoms with E-state index in [4.69, 9.17) is 0 Å². The Labute approximate surface area is 148 Å². The summed E-state index contributed by atoms with van der Waals surface area (Å²) in [4.78, 5) is 4.19. The Hall–Kier alpha value is -0.920. The number of hydrogen-bond donors (Lipinski definition) is 2. The van der Waals surface area contributed by atoms with Crippen molar-refractivity contribution in [3.05, 3.63) is 35.4 Å². The van der Waals surface area contributed by atoms with Gasteiger partial charge in [-0.1, -0.05) is 19.4 Å². The number of rotatable bonds is 5. The van der Waals surface area contributed by atoms with Crippen LogP contribution in [0.4, 0.5) is 8.78 Å². The molecule has 6 heteroatoms. The van der Waals surface area contributed by atoms with E-state index in [2.05, 4.69) is 22.5 Å². The van der Waals surface area contributed by atoms with Crippen LogP contribution in [0, 0.1) is 17.6 Å². The number of halogens is 3. The Morgan fingerprint density at radius 3 is 2.68 bits per heavy atom. The highest BCUT2D eigenvalue weighted by Crippen LogP contribution is 2.34. The molecule has 0 aliphatic heterocycles. The molecule has 0 heterocycles. The molecule has 2 rings (SSSR count). The lowest BCUT2D eigenvalue weighted by Crippen LogP contribution is -2.40. The zero-order chi connectivity index (χ0) is 15.4. The van der Waals surface area contributed by atoms with E-state index in [1.54, 1.807) is 13.1 Å². The molecule has 0 aromatic heterocycles. The van der Waals surface area contributed by atoms with Gasteiger partial charge in [-0.15, -0.1) is 24.0 Å². The second kappa shape index (κ2) is 8.64. The molecule has 1 fully saturated rings. The number of nitrogens with one attached hydrogen (secondary N) is 2. The Morgan fingerprint density at radius 2 is 2.09 bits per heavy atom. The Balaban J connectivity index is 0.00000242. The van der Waals surface area contributed by atoms with Gasteiger partial charge in [0, 0.05) is 13.1 Å². The van der Waals surface area contributed by atoms with Crippen LogP contribution in [-0.4, -0.2) is 19.0 Å². The third-order valence-electron chi connectivity index (χ3n) is 3.92. The van der Waals surface area contributed by atoms with Gasteiger partial charge in [-0.3, -0.25) is 4.99 Å². The van der Waals surface area contributed by atoms with Gasteiger partial charge >= 0.3 is 0 Å². The highest BCUT2D eigenvalue weighted by atomic mass is 127. The van der Waals surface area contributed by atoms with Gasteiger partial charge in [0.1, 0.15) is 0 Å². The maximum absolute atomic E-state index is 13.3. The van der Waals surface area contributed by atoms with Crippen LogP contribution in [-0.2, 0) is 0 Å². The number of benzene rings is 1. The minimum absolute atomic E-state index is 0. The van der Waals surface area contributed by atoms with Crippen molar-refractivity contribution < 1.29 is 8.78 Å². The van der Waals surface area contributed by atoms with E-state index in [0.717, 1.165) is 12.0 Å². The van der Waals surface area contributed by atoms with E-state index >= 15 is 0 Å². The minimum Gasteiger partial charge on any atom is -0.353 e. The van der Waals surface area contributed by atoms with Gasteiger partial charge in [0.2, 0.25) is 0 Å². The summed E-state index contributed by atoms with van der Waals surface area (Å²) in [7, 11) is 1.71. The Kier molecular flexibility index (Phi) is 7.52. The normalized spacial score (nSPS) is 21.8. The second-order valence-corrected chi connectivity index (χ2v) is 5.65. The standard InChI is InChI=1S/C16H23F2N3.HI/c1-4-5-12-9-15(12)21-16(19-3)20-10(2)11-6-7-13(17)14(18)8-11;/h6-8,10,12,15H,4-5,9H2,1-3H3,(H2,19,20,21);1H. The van der Waals surface area contributed by atoms with Gasteiger partial charge in [0.25, 0.3) is 0 Å². The average molecular weight is 423 g/mol. The molecule has 0 radical (unpaired) electrons. The summed E-state index contributed by atoms with van der Waals surface area (Å²) in [6.07, 6.45) is 3.60. The van der Waals surface area contributed by atoms with Gasteiger partial charge in [0.15, 0.2) is 17.6 Å². The monoisotopic (exact) mass is 423 g/mol. The molecule has 3 unspecified atom stereocenters. The fourth-order valence-electron chi connectivity index (χ4n) is 2.53. The molecule has 1 aromatic rings. The van der Waals surface area contributed by atoms with Crippen LogP contribution in [0.1, 0.15) is 44.7 Å². The molecule has 2 N–H and O–H groups in total. The lowest BCUT2D eigenvalue weighted by Gasteiger charge is -2.18.